The summed E-state index contributed by atoms with van der Waals surface area (Å²) in [6.45, 7) is 6.79. The standard InChI is InChI=1S/C18H29N3O3.C2HF3O2/c1-12-11-14(13(2)19-12)18(22)21-8-10-24-17-15(21)5-6-16(17)23-9-7-20(3)4;3-2(4,5)1(6)7/h11,15-17,19H,5-10H2,1-4H3;(H,6,7)/t15-,16+,17+;/m0./s1. The van der Waals surface area contributed by atoms with Crippen LogP contribution in [0, 0.1) is 13.8 Å². The summed E-state index contributed by atoms with van der Waals surface area (Å²) in [6, 6.07) is 2.08. The van der Waals surface area contributed by atoms with Crippen LogP contribution in [0.2, 0.25) is 0 Å². The van der Waals surface area contributed by atoms with Gasteiger partial charge >= 0.3 is 12.1 Å². The van der Waals surface area contributed by atoms with Crippen LogP contribution in [0.15, 0.2) is 6.07 Å². The second kappa shape index (κ2) is 10.5. The van der Waals surface area contributed by atoms with Gasteiger partial charge in [0.15, 0.2) is 0 Å². The molecule has 0 bridgehead atoms. The maximum atomic E-state index is 13.0. The van der Waals surface area contributed by atoms with Crippen LogP contribution < -0.4 is 0 Å². The molecule has 2 heterocycles. The molecule has 0 spiro atoms. The summed E-state index contributed by atoms with van der Waals surface area (Å²) in [7, 11) is 4.08. The highest BCUT2D eigenvalue weighted by molar-refractivity contribution is 5.96. The van der Waals surface area contributed by atoms with E-state index in [1.807, 2.05) is 38.9 Å². The van der Waals surface area contributed by atoms with E-state index in [0.717, 1.165) is 36.3 Å². The van der Waals surface area contributed by atoms with Gasteiger partial charge in [0.05, 0.1) is 30.9 Å². The Morgan fingerprint density at radius 3 is 2.48 bits per heavy atom. The molecule has 1 saturated carbocycles. The Hall–Kier alpha value is -2.11. The quantitative estimate of drug-likeness (QED) is 0.716. The molecule has 31 heavy (non-hydrogen) atoms. The molecule has 3 rings (SSSR count). The van der Waals surface area contributed by atoms with Crippen molar-refractivity contribution in [2.75, 3.05) is 40.4 Å². The van der Waals surface area contributed by atoms with Crippen molar-refractivity contribution in [2.24, 2.45) is 0 Å². The smallest absolute Gasteiger partial charge is 0.475 e. The van der Waals surface area contributed by atoms with E-state index in [2.05, 4.69) is 9.88 Å². The minimum Gasteiger partial charge on any atom is -0.475 e. The summed E-state index contributed by atoms with van der Waals surface area (Å²) in [4.78, 5) is 29.2. The fourth-order valence-electron chi connectivity index (χ4n) is 3.83. The number of carboxylic acids is 1. The third-order valence-corrected chi connectivity index (χ3v) is 5.29. The second-order valence-electron chi connectivity index (χ2n) is 7.99. The molecule has 1 saturated heterocycles. The van der Waals surface area contributed by atoms with Gasteiger partial charge in [0.1, 0.15) is 6.10 Å². The topological polar surface area (TPSA) is 95.1 Å². The number of amides is 1. The number of aliphatic carboxylic acids is 1. The van der Waals surface area contributed by atoms with Crippen molar-refractivity contribution in [3.8, 4) is 0 Å². The predicted octanol–water partition coefficient (Wildman–Crippen LogP) is 2.22. The van der Waals surface area contributed by atoms with Gasteiger partial charge in [0, 0.05) is 24.5 Å². The Morgan fingerprint density at radius 2 is 1.97 bits per heavy atom. The first-order chi connectivity index (χ1) is 14.4. The molecule has 3 atom stereocenters. The van der Waals surface area contributed by atoms with Crippen LogP contribution in [0.3, 0.4) is 0 Å². The molecule has 1 amide bonds. The monoisotopic (exact) mass is 449 g/mol. The molecule has 0 aromatic carbocycles. The average molecular weight is 449 g/mol. The van der Waals surface area contributed by atoms with E-state index in [0.29, 0.717) is 19.8 Å². The number of carbonyl (C=O) groups is 2. The first-order valence-electron chi connectivity index (χ1n) is 10.1. The van der Waals surface area contributed by atoms with Gasteiger partial charge in [-0.05, 0) is 46.9 Å². The number of fused-ring (bicyclic) bond motifs is 1. The van der Waals surface area contributed by atoms with Gasteiger partial charge in [-0.2, -0.15) is 13.2 Å². The number of hydrogen-bond acceptors (Lipinski definition) is 5. The SMILES string of the molecule is Cc1cc(C(=O)N2CCO[C@H]3[C@H](OCCN(C)C)CC[C@@H]32)c(C)[nH]1.O=C(O)C(F)(F)F. The van der Waals surface area contributed by atoms with Crippen molar-refractivity contribution in [3.63, 3.8) is 0 Å². The van der Waals surface area contributed by atoms with E-state index >= 15 is 0 Å². The second-order valence-corrected chi connectivity index (χ2v) is 7.99. The van der Waals surface area contributed by atoms with Crippen LogP contribution in [0.4, 0.5) is 13.2 Å². The van der Waals surface area contributed by atoms with E-state index < -0.39 is 12.1 Å². The number of ether oxygens (including phenoxy) is 2. The molecule has 1 aliphatic carbocycles. The summed E-state index contributed by atoms with van der Waals surface area (Å²) in [6.07, 6.45) is -3.08. The van der Waals surface area contributed by atoms with Crippen molar-refractivity contribution in [1.82, 2.24) is 14.8 Å². The third-order valence-electron chi connectivity index (χ3n) is 5.29. The Bertz CT molecular complexity index is 766. The van der Waals surface area contributed by atoms with Gasteiger partial charge in [-0.1, -0.05) is 0 Å². The van der Waals surface area contributed by atoms with E-state index in [1.165, 1.54) is 0 Å². The van der Waals surface area contributed by atoms with E-state index in [-0.39, 0.29) is 24.2 Å². The molecular weight excluding hydrogens is 419 g/mol. The largest absolute Gasteiger partial charge is 0.490 e. The molecular formula is C20H30F3N3O5. The minimum atomic E-state index is -5.08. The molecule has 0 radical (unpaired) electrons. The Morgan fingerprint density at radius 1 is 1.32 bits per heavy atom. The number of aryl methyl sites for hydroxylation is 2. The number of halogens is 3. The maximum absolute atomic E-state index is 13.0. The Kier molecular flexibility index (Phi) is 8.49. The summed E-state index contributed by atoms with van der Waals surface area (Å²) in [5.41, 5.74) is 2.75. The van der Waals surface area contributed by atoms with Crippen molar-refractivity contribution in [1.29, 1.82) is 0 Å². The summed E-state index contributed by atoms with van der Waals surface area (Å²) < 4.78 is 43.8. The molecule has 2 aliphatic rings. The molecule has 8 nitrogen and oxygen atoms in total. The van der Waals surface area contributed by atoms with Gasteiger partial charge < -0.3 is 29.4 Å². The average Bonchev–Trinajstić information content (AvgIpc) is 3.23. The zero-order valence-electron chi connectivity index (χ0n) is 18.2. The minimum absolute atomic E-state index is 0.00482. The van der Waals surface area contributed by atoms with Gasteiger partial charge in [0.2, 0.25) is 0 Å². The van der Waals surface area contributed by atoms with E-state index in [1.54, 1.807) is 0 Å². The summed E-state index contributed by atoms with van der Waals surface area (Å²) in [5, 5.41) is 7.12. The van der Waals surface area contributed by atoms with Crippen molar-refractivity contribution >= 4 is 11.9 Å². The van der Waals surface area contributed by atoms with Crippen LogP contribution in [0.25, 0.3) is 0 Å². The Balaban J connectivity index is 0.000000423. The van der Waals surface area contributed by atoms with E-state index in [9.17, 15) is 18.0 Å². The third kappa shape index (κ3) is 6.68. The molecule has 2 fully saturated rings. The molecule has 1 aromatic rings. The number of morpholine rings is 1. The molecule has 11 heteroatoms. The van der Waals surface area contributed by atoms with Crippen LogP contribution in [-0.2, 0) is 14.3 Å². The van der Waals surface area contributed by atoms with Gasteiger partial charge in [-0.3, -0.25) is 4.79 Å². The number of aromatic amines is 1. The summed E-state index contributed by atoms with van der Waals surface area (Å²) >= 11 is 0. The van der Waals surface area contributed by atoms with Crippen molar-refractivity contribution in [3.05, 3.63) is 23.0 Å². The van der Waals surface area contributed by atoms with Crippen LogP contribution in [-0.4, -0.2) is 96.6 Å². The number of carboxylic acid groups (broad SMARTS) is 1. The number of rotatable bonds is 5. The van der Waals surface area contributed by atoms with Gasteiger partial charge in [0.25, 0.3) is 5.91 Å². The number of hydrogen-bond donors (Lipinski definition) is 2. The van der Waals surface area contributed by atoms with E-state index in [4.69, 9.17) is 19.4 Å². The van der Waals surface area contributed by atoms with Crippen LogP contribution >= 0.6 is 0 Å². The first kappa shape index (κ1) is 25.2. The lowest BCUT2D eigenvalue weighted by Crippen LogP contribution is -2.54. The highest BCUT2D eigenvalue weighted by Crippen LogP contribution is 2.33. The lowest BCUT2D eigenvalue weighted by atomic mass is 10.1. The number of nitrogens with one attached hydrogen (secondary N) is 1. The number of aromatic nitrogens is 1. The maximum Gasteiger partial charge on any atom is 0.490 e. The first-order valence-corrected chi connectivity index (χ1v) is 10.1. The van der Waals surface area contributed by atoms with Gasteiger partial charge in [-0.25, -0.2) is 4.79 Å². The number of H-pyrrole nitrogens is 1. The lowest BCUT2D eigenvalue weighted by molar-refractivity contribution is -0.192. The normalized spacial score (nSPS) is 23.4. The molecule has 1 aromatic heterocycles. The molecule has 0 unspecified atom stereocenters. The van der Waals surface area contributed by atoms with Crippen molar-refractivity contribution in [2.45, 2.75) is 51.1 Å². The van der Waals surface area contributed by atoms with Crippen LogP contribution in [0.5, 0.6) is 0 Å². The Labute approximate surface area is 179 Å². The highest BCUT2D eigenvalue weighted by atomic mass is 19.4. The number of likely N-dealkylation sites (N-methyl/N-ethyl adjacent to an activating group) is 1. The molecule has 176 valence electrons. The fraction of sp³-hybridized carbons (Fsp3) is 0.700. The molecule has 1 aliphatic heterocycles. The zero-order valence-corrected chi connectivity index (χ0v) is 18.2. The van der Waals surface area contributed by atoms with Crippen molar-refractivity contribution < 1.29 is 37.3 Å². The number of carbonyl (C=O) groups excluding carboxylic acids is 1. The fourth-order valence-corrected chi connectivity index (χ4v) is 3.83. The molecule has 2 N–H and O–H groups in total. The van der Waals surface area contributed by atoms with Crippen LogP contribution in [0.1, 0.15) is 34.6 Å². The highest BCUT2D eigenvalue weighted by Gasteiger charge is 2.45. The van der Waals surface area contributed by atoms with Gasteiger partial charge in [-0.15, -0.1) is 0 Å². The lowest BCUT2D eigenvalue weighted by Gasteiger charge is -2.39. The number of alkyl halides is 3. The predicted molar refractivity (Wildman–Crippen MR) is 106 cm³/mol. The zero-order chi connectivity index (χ0) is 23.3. The number of nitrogens with zero attached hydrogens (tertiary/aromatic N) is 2. The summed E-state index contributed by atoms with van der Waals surface area (Å²) in [5.74, 6) is -2.64.